The molecule has 0 fully saturated rings. The van der Waals surface area contributed by atoms with Crippen molar-refractivity contribution in [1.82, 2.24) is 0 Å². The van der Waals surface area contributed by atoms with Crippen molar-refractivity contribution < 1.29 is 9.18 Å². The van der Waals surface area contributed by atoms with Crippen LogP contribution in [0, 0.1) is 5.82 Å². The third-order valence-electron chi connectivity index (χ3n) is 4.36. The fraction of sp³-hybridized carbons (Fsp3) is 0.0952. The Bertz CT molecular complexity index is 926. The van der Waals surface area contributed by atoms with Gasteiger partial charge in [0.05, 0.1) is 0 Å². The van der Waals surface area contributed by atoms with Crippen molar-refractivity contribution in [2.24, 2.45) is 0 Å². The van der Waals surface area contributed by atoms with Gasteiger partial charge in [-0.05, 0) is 78.5 Å². The highest BCUT2D eigenvalue weighted by atomic mass is 32.2. The van der Waals surface area contributed by atoms with Gasteiger partial charge in [-0.15, -0.1) is 0 Å². The Morgan fingerprint density at radius 3 is 2.46 bits per heavy atom. The summed E-state index contributed by atoms with van der Waals surface area (Å²) < 4.78 is 16.1. The standard InChI is InChI=1S/C21H17FN2OS/c22-17-7-11-19(12-8-17)26-23-18-9-5-16(6-10-18)21(25)24-14-13-15-3-1-2-4-20(15)24/h1-12,23H,13-14H2. The number of para-hydroxylation sites is 1. The lowest BCUT2D eigenvalue weighted by atomic mass is 10.1. The Morgan fingerprint density at radius 2 is 1.69 bits per heavy atom. The summed E-state index contributed by atoms with van der Waals surface area (Å²) in [6.07, 6.45) is 0.899. The first kappa shape index (κ1) is 16.7. The molecule has 0 bridgehead atoms. The normalized spacial score (nSPS) is 12.7. The Kier molecular flexibility index (Phi) is 4.63. The largest absolute Gasteiger partial charge is 0.326 e. The average Bonchev–Trinajstić information content (AvgIpc) is 3.11. The van der Waals surface area contributed by atoms with E-state index in [1.54, 1.807) is 12.1 Å². The van der Waals surface area contributed by atoms with Crippen molar-refractivity contribution in [1.29, 1.82) is 0 Å². The van der Waals surface area contributed by atoms with Gasteiger partial charge in [0.25, 0.3) is 5.91 Å². The predicted octanol–water partition coefficient (Wildman–Crippen LogP) is 5.15. The van der Waals surface area contributed by atoms with Gasteiger partial charge in [-0.2, -0.15) is 0 Å². The second kappa shape index (κ2) is 7.22. The van der Waals surface area contributed by atoms with Gasteiger partial charge >= 0.3 is 0 Å². The zero-order valence-electron chi connectivity index (χ0n) is 14.0. The Balaban J connectivity index is 1.43. The van der Waals surface area contributed by atoms with Crippen molar-refractivity contribution in [3.63, 3.8) is 0 Å². The highest BCUT2D eigenvalue weighted by Crippen LogP contribution is 2.29. The number of amides is 1. The number of halogens is 1. The fourth-order valence-corrected chi connectivity index (χ4v) is 3.65. The Hall–Kier alpha value is -2.79. The molecule has 4 rings (SSSR count). The summed E-state index contributed by atoms with van der Waals surface area (Å²) in [6.45, 7) is 0.721. The molecule has 26 heavy (non-hydrogen) atoms. The number of hydrogen-bond acceptors (Lipinski definition) is 3. The molecular weight excluding hydrogens is 347 g/mol. The summed E-state index contributed by atoms with van der Waals surface area (Å²) >= 11 is 1.40. The molecule has 3 aromatic rings. The smallest absolute Gasteiger partial charge is 0.258 e. The molecule has 0 aliphatic carbocycles. The van der Waals surface area contributed by atoms with Crippen molar-refractivity contribution in [3.05, 3.63) is 89.7 Å². The highest BCUT2D eigenvalue weighted by molar-refractivity contribution is 8.00. The maximum Gasteiger partial charge on any atom is 0.258 e. The van der Waals surface area contributed by atoms with E-state index in [0.717, 1.165) is 29.2 Å². The molecule has 130 valence electrons. The third-order valence-corrected chi connectivity index (χ3v) is 5.21. The van der Waals surface area contributed by atoms with E-state index < -0.39 is 0 Å². The summed E-state index contributed by atoms with van der Waals surface area (Å²) in [7, 11) is 0. The predicted molar refractivity (Wildman–Crippen MR) is 104 cm³/mol. The molecule has 3 aromatic carbocycles. The van der Waals surface area contributed by atoms with Crippen LogP contribution < -0.4 is 9.62 Å². The molecule has 1 aliphatic rings. The minimum atomic E-state index is -0.249. The molecule has 5 heteroatoms. The van der Waals surface area contributed by atoms with Gasteiger partial charge in [0.15, 0.2) is 0 Å². The minimum Gasteiger partial charge on any atom is -0.326 e. The van der Waals surface area contributed by atoms with E-state index >= 15 is 0 Å². The summed E-state index contributed by atoms with van der Waals surface area (Å²) in [6, 6.07) is 21.8. The topological polar surface area (TPSA) is 32.3 Å². The molecule has 0 saturated heterocycles. The summed E-state index contributed by atoms with van der Waals surface area (Å²) in [5, 5.41) is 0. The van der Waals surface area contributed by atoms with Crippen molar-refractivity contribution in [3.8, 4) is 0 Å². The van der Waals surface area contributed by atoms with E-state index in [9.17, 15) is 9.18 Å². The van der Waals surface area contributed by atoms with Crippen LogP contribution >= 0.6 is 11.9 Å². The quantitative estimate of drug-likeness (QED) is 0.650. The zero-order valence-corrected chi connectivity index (χ0v) is 14.8. The molecule has 0 saturated carbocycles. The molecule has 1 heterocycles. The fourth-order valence-electron chi connectivity index (χ4n) is 3.01. The number of carbonyl (C=O) groups is 1. The first-order valence-corrected chi connectivity index (χ1v) is 9.20. The molecule has 0 aromatic heterocycles. The van der Waals surface area contributed by atoms with Gasteiger partial charge in [-0.3, -0.25) is 4.79 Å². The first-order chi connectivity index (χ1) is 12.7. The van der Waals surface area contributed by atoms with Gasteiger partial charge in [0.2, 0.25) is 0 Å². The number of nitrogens with zero attached hydrogens (tertiary/aromatic N) is 1. The van der Waals surface area contributed by atoms with Crippen LogP contribution in [-0.4, -0.2) is 12.5 Å². The maximum absolute atomic E-state index is 12.9. The van der Waals surface area contributed by atoms with Crippen LogP contribution in [0.1, 0.15) is 15.9 Å². The van der Waals surface area contributed by atoms with Crippen LogP contribution in [-0.2, 0) is 6.42 Å². The minimum absolute atomic E-state index is 0.0210. The first-order valence-electron chi connectivity index (χ1n) is 8.39. The molecule has 0 radical (unpaired) electrons. The number of benzene rings is 3. The van der Waals surface area contributed by atoms with Gasteiger partial charge < -0.3 is 9.62 Å². The molecule has 1 aliphatic heterocycles. The van der Waals surface area contributed by atoms with Crippen LogP contribution in [0.3, 0.4) is 0 Å². The van der Waals surface area contributed by atoms with E-state index in [2.05, 4.69) is 10.8 Å². The molecule has 1 amide bonds. The van der Waals surface area contributed by atoms with Gasteiger partial charge in [-0.1, -0.05) is 18.2 Å². The van der Waals surface area contributed by atoms with Crippen molar-refractivity contribution >= 4 is 29.2 Å². The third kappa shape index (κ3) is 3.44. The molecule has 3 nitrogen and oxygen atoms in total. The van der Waals surface area contributed by atoms with E-state index in [0.29, 0.717) is 5.56 Å². The monoisotopic (exact) mass is 364 g/mol. The number of rotatable bonds is 4. The lowest BCUT2D eigenvalue weighted by Crippen LogP contribution is -2.28. The molecule has 0 unspecified atom stereocenters. The van der Waals surface area contributed by atoms with Crippen LogP contribution in [0.4, 0.5) is 15.8 Å². The van der Waals surface area contributed by atoms with E-state index in [4.69, 9.17) is 0 Å². The summed E-state index contributed by atoms with van der Waals surface area (Å²) in [5.41, 5.74) is 3.78. The Morgan fingerprint density at radius 1 is 0.962 bits per heavy atom. The van der Waals surface area contributed by atoms with E-state index in [1.165, 1.54) is 29.6 Å². The van der Waals surface area contributed by atoms with Crippen LogP contribution in [0.5, 0.6) is 0 Å². The van der Waals surface area contributed by atoms with Gasteiger partial charge in [0.1, 0.15) is 5.82 Å². The number of fused-ring (bicyclic) bond motifs is 1. The van der Waals surface area contributed by atoms with Crippen LogP contribution in [0.15, 0.2) is 77.7 Å². The second-order valence-corrected chi connectivity index (χ2v) is 6.95. The van der Waals surface area contributed by atoms with Crippen molar-refractivity contribution in [2.45, 2.75) is 11.3 Å². The number of anilines is 2. The van der Waals surface area contributed by atoms with E-state index in [1.807, 2.05) is 47.4 Å². The number of nitrogens with one attached hydrogen (secondary N) is 1. The number of hydrogen-bond donors (Lipinski definition) is 1. The molecule has 1 N–H and O–H groups in total. The zero-order chi connectivity index (χ0) is 17.9. The lowest BCUT2D eigenvalue weighted by molar-refractivity contribution is 0.0989. The SMILES string of the molecule is O=C(c1ccc(NSc2ccc(F)cc2)cc1)N1CCc2ccccc21. The highest BCUT2D eigenvalue weighted by Gasteiger charge is 2.24. The van der Waals surface area contributed by atoms with Gasteiger partial charge in [-0.25, -0.2) is 4.39 Å². The summed E-state index contributed by atoms with van der Waals surface area (Å²) in [5.74, 6) is -0.228. The number of carbonyl (C=O) groups excluding carboxylic acids is 1. The lowest BCUT2D eigenvalue weighted by Gasteiger charge is -2.17. The van der Waals surface area contributed by atoms with Gasteiger partial charge in [0, 0.05) is 28.4 Å². The van der Waals surface area contributed by atoms with E-state index in [-0.39, 0.29) is 11.7 Å². The maximum atomic E-state index is 12.9. The molecule has 0 atom stereocenters. The molecule has 0 spiro atoms. The Labute approximate surface area is 156 Å². The summed E-state index contributed by atoms with van der Waals surface area (Å²) in [4.78, 5) is 15.6. The van der Waals surface area contributed by atoms with Crippen LogP contribution in [0.2, 0.25) is 0 Å². The van der Waals surface area contributed by atoms with Crippen molar-refractivity contribution in [2.75, 3.05) is 16.2 Å². The average molecular weight is 364 g/mol. The second-order valence-electron chi connectivity index (χ2n) is 6.07. The molecular formula is C21H17FN2OS. The van der Waals surface area contributed by atoms with Crippen LogP contribution in [0.25, 0.3) is 0 Å².